The fraction of sp³-hybridized carbons (Fsp3) is 0.0556. The van der Waals surface area contributed by atoms with Crippen LogP contribution in [0.3, 0.4) is 0 Å². The highest BCUT2D eigenvalue weighted by Crippen LogP contribution is 2.29. The Balaban J connectivity index is 1.91. The summed E-state index contributed by atoms with van der Waals surface area (Å²) in [5, 5.41) is 3.31. The standard InChI is InChI=1S/C18H15BrN2/c1-13-11-16(10-9-14-5-4-6-15(19)12-14)21-18-8-3-2-7-17(18)20-13/h2-10,12,20H,1,11H2/b10-9+. The van der Waals surface area contributed by atoms with Gasteiger partial charge < -0.3 is 5.32 Å². The van der Waals surface area contributed by atoms with Gasteiger partial charge in [-0.25, -0.2) is 0 Å². The molecule has 0 atom stereocenters. The number of para-hydroxylation sites is 2. The van der Waals surface area contributed by atoms with Crippen molar-refractivity contribution in [3.05, 3.63) is 76.9 Å². The molecule has 0 saturated carbocycles. The fourth-order valence-corrected chi connectivity index (χ4v) is 2.64. The summed E-state index contributed by atoms with van der Waals surface area (Å²) in [5.41, 5.74) is 5.05. The summed E-state index contributed by atoms with van der Waals surface area (Å²) in [6, 6.07) is 16.2. The van der Waals surface area contributed by atoms with Crippen LogP contribution >= 0.6 is 15.9 Å². The number of benzene rings is 2. The summed E-state index contributed by atoms with van der Waals surface area (Å²) in [6.45, 7) is 4.06. The molecule has 2 aromatic rings. The summed E-state index contributed by atoms with van der Waals surface area (Å²) in [4.78, 5) is 4.72. The van der Waals surface area contributed by atoms with Crippen molar-refractivity contribution in [3.8, 4) is 0 Å². The van der Waals surface area contributed by atoms with E-state index in [-0.39, 0.29) is 0 Å². The van der Waals surface area contributed by atoms with Crippen LogP contribution < -0.4 is 5.32 Å². The molecule has 0 spiro atoms. The first-order valence-corrected chi connectivity index (χ1v) is 7.55. The summed E-state index contributed by atoms with van der Waals surface area (Å²) < 4.78 is 1.07. The molecule has 1 aliphatic heterocycles. The molecule has 2 nitrogen and oxygen atoms in total. The molecule has 104 valence electrons. The fourth-order valence-electron chi connectivity index (χ4n) is 2.22. The van der Waals surface area contributed by atoms with Gasteiger partial charge in [0.25, 0.3) is 0 Å². The van der Waals surface area contributed by atoms with Crippen LogP contribution in [-0.2, 0) is 0 Å². The lowest BCUT2D eigenvalue weighted by Crippen LogP contribution is -2.00. The molecular formula is C18H15BrN2. The van der Waals surface area contributed by atoms with Crippen molar-refractivity contribution < 1.29 is 0 Å². The van der Waals surface area contributed by atoms with Crippen molar-refractivity contribution in [2.24, 2.45) is 4.99 Å². The number of anilines is 1. The third-order valence-corrected chi connectivity index (χ3v) is 3.68. The van der Waals surface area contributed by atoms with Crippen LogP contribution in [0.1, 0.15) is 12.0 Å². The number of hydrogen-bond acceptors (Lipinski definition) is 2. The molecule has 3 heteroatoms. The quantitative estimate of drug-likeness (QED) is 0.761. The van der Waals surface area contributed by atoms with Crippen molar-refractivity contribution in [1.29, 1.82) is 0 Å². The van der Waals surface area contributed by atoms with Crippen LogP contribution in [0.25, 0.3) is 6.08 Å². The minimum absolute atomic E-state index is 0.721. The smallest absolute Gasteiger partial charge is 0.0867 e. The second-order valence-corrected chi connectivity index (χ2v) is 5.83. The van der Waals surface area contributed by atoms with Crippen LogP contribution in [0.5, 0.6) is 0 Å². The zero-order chi connectivity index (χ0) is 14.7. The van der Waals surface area contributed by atoms with Gasteiger partial charge >= 0.3 is 0 Å². The molecule has 0 aromatic heterocycles. The second-order valence-electron chi connectivity index (χ2n) is 4.91. The van der Waals surface area contributed by atoms with E-state index in [0.717, 1.165) is 39.2 Å². The van der Waals surface area contributed by atoms with Crippen LogP contribution in [0, 0.1) is 0 Å². The summed E-state index contributed by atoms with van der Waals surface area (Å²) in [5.74, 6) is 0. The predicted molar refractivity (Wildman–Crippen MR) is 94.1 cm³/mol. The molecule has 1 N–H and O–H groups in total. The Kier molecular flexibility index (Phi) is 4.02. The van der Waals surface area contributed by atoms with E-state index in [4.69, 9.17) is 4.99 Å². The lowest BCUT2D eigenvalue weighted by molar-refractivity contribution is 1.31. The van der Waals surface area contributed by atoms with E-state index in [0.29, 0.717) is 0 Å². The van der Waals surface area contributed by atoms with Crippen molar-refractivity contribution in [2.75, 3.05) is 5.32 Å². The minimum Gasteiger partial charge on any atom is -0.357 e. The number of allylic oxidation sites excluding steroid dienone is 2. The predicted octanol–water partition coefficient (Wildman–Crippen LogP) is 5.56. The Bertz CT molecular complexity index is 744. The average molecular weight is 339 g/mol. The van der Waals surface area contributed by atoms with Crippen LogP contribution in [-0.4, -0.2) is 5.71 Å². The van der Waals surface area contributed by atoms with Gasteiger partial charge in [0.15, 0.2) is 0 Å². The molecule has 3 rings (SSSR count). The van der Waals surface area contributed by atoms with Crippen molar-refractivity contribution >= 4 is 39.1 Å². The van der Waals surface area contributed by atoms with E-state index in [1.54, 1.807) is 0 Å². The Morgan fingerprint density at radius 1 is 1.10 bits per heavy atom. The van der Waals surface area contributed by atoms with E-state index in [1.807, 2.05) is 36.4 Å². The van der Waals surface area contributed by atoms with Gasteiger partial charge in [0.2, 0.25) is 0 Å². The minimum atomic E-state index is 0.721. The Morgan fingerprint density at radius 3 is 2.81 bits per heavy atom. The number of nitrogens with zero attached hydrogens (tertiary/aromatic N) is 1. The second kappa shape index (κ2) is 6.10. The van der Waals surface area contributed by atoms with Gasteiger partial charge in [-0.05, 0) is 35.9 Å². The summed E-state index contributed by atoms with van der Waals surface area (Å²) in [7, 11) is 0. The monoisotopic (exact) mass is 338 g/mol. The highest BCUT2D eigenvalue weighted by atomic mass is 79.9. The van der Waals surface area contributed by atoms with Gasteiger partial charge in [-0.2, -0.15) is 0 Å². The van der Waals surface area contributed by atoms with Crippen LogP contribution in [0.2, 0.25) is 0 Å². The molecule has 2 aromatic carbocycles. The molecule has 0 saturated heterocycles. The van der Waals surface area contributed by atoms with E-state index < -0.39 is 0 Å². The molecule has 0 bridgehead atoms. The first-order valence-electron chi connectivity index (χ1n) is 6.76. The lowest BCUT2D eigenvalue weighted by Gasteiger charge is -2.06. The molecule has 0 radical (unpaired) electrons. The third-order valence-electron chi connectivity index (χ3n) is 3.19. The van der Waals surface area contributed by atoms with Crippen molar-refractivity contribution in [1.82, 2.24) is 0 Å². The highest BCUT2D eigenvalue weighted by Gasteiger charge is 2.09. The highest BCUT2D eigenvalue weighted by molar-refractivity contribution is 9.10. The normalized spacial score (nSPS) is 14.3. The topological polar surface area (TPSA) is 24.4 Å². The molecule has 0 fully saturated rings. The van der Waals surface area contributed by atoms with Gasteiger partial charge in [0.1, 0.15) is 0 Å². The Labute approximate surface area is 133 Å². The number of aliphatic imine (C=N–C) groups is 1. The zero-order valence-electron chi connectivity index (χ0n) is 11.5. The van der Waals surface area contributed by atoms with Gasteiger partial charge in [0, 0.05) is 22.3 Å². The van der Waals surface area contributed by atoms with Gasteiger partial charge in [-0.15, -0.1) is 0 Å². The Morgan fingerprint density at radius 2 is 1.95 bits per heavy atom. The van der Waals surface area contributed by atoms with Crippen LogP contribution in [0.15, 0.2) is 76.3 Å². The van der Waals surface area contributed by atoms with Crippen LogP contribution in [0.4, 0.5) is 11.4 Å². The van der Waals surface area contributed by atoms with E-state index in [2.05, 4.69) is 52.1 Å². The number of fused-ring (bicyclic) bond motifs is 1. The zero-order valence-corrected chi connectivity index (χ0v) is 13.1. The number of hydrogen-bond donors (Lipinski definition) is 1. The van der Waals surface area contributed by atoms with Crippen molar-refractivity contribution in [3.63, 3.8) is 0 Å². The molecule has 0 amide bonds. The number of halogens is 1. The van der Waals surface area contributed by atoms with Gasteiger partial charge in [-0.3, -0.25) is 4.99 Å². The van der Waals surface area contributed by atoms with Gasteiger partial charge in [-0.1, -0.05) is 52.9 Å². The van der Waals surface area contributed by atoms with E-state index in [9.17, 15) is 0 Å². The lowest BCUT2D eigenvalue weighted by atomic mass is 10.1. The maximum atomic E-state index is 4.72. The largest absolute Gasteiger partial charge is 0.357 e. The first-order chi connectivity index (χ1) is 10.2. The maximum absolute atomic E-state index is 4.72. The molecule has 0 unspecified atom stereocenters. The molecule has 0 aliphatic carbocycles. The van der Waals surface area contributed by atoms with E-state index >= 15 is 0 Å². The molecule has 1 heterocycles. The molecule has 1 aliphatic rings. The number of rotatable bonds is 2. The third kappa shape index (κ3) is 3.50. The number of nitrogens with one attached hydrogen (secondary N) is 1. The molecular weight excluding hydrogens is 324 g/mol. The summed E-state index contributed by atoms with van der Waals surface area (Å²) in [6.07, 6.45) is 4.85. The first kappa shape index (κ1) is 13.8. The SMILES string of the molecule is C=C1CC(/C=C/c2cccc(Br)c2)=Nc2ccccc2N1. The summed E-state index contributed by atoms with van der Waals surface area (Å²) >= 11 is 3.48. The molecule has 21 heavy (non-hydrogen) atoms. The van der Waals surface area contributed by atoms with Crippen molar-refractivity contribution in [2.45, 2.75) is 6.42 Å². The van der Waals surface area contributed by atoms with Gasteiger partial charge in [0.05, 0.1) is 11.4 Å². The Hall–Kier alpha value is -2.13. The van der Waals surface area contributed by atoms with E-state index in [1.165, 1.54) is 0 Å². The average Bonchev–Trinajstić information content (AvgIpc) is 2.62. The maximum Gasteiger partial charge on any atom is 0.0867 e.